The number of aryl methyl sites for hydroxylation is 1. The van der Waals surface area contributed by atoms with Crippen LogP contribution in [-0.4, -0.2) is 37.8 Å². The van der Waals surface area contributed by atoms with Crippen molar-refractivity contribution in [3.8, 4) is 0 Å². The Morgan fingerprint density at radius 1 is 1.10 bits per heavy atom. The molecule has 2 aromatic rings. The normalized spacial score (nSPS) is 17.0. The van der Waals surface area contributed by atoms with Crippen LogP contribution in [0.1, 0.15) is 31.7 Å². The Balaban J connectivity index is 1.46. The first-order valence-electron chi connectivity index (χ1n) is 9.96. The summed E-state index contributed by atoms with van der Waals surface area (Å²) in [4.78, 5) is 12.9. The molecule has 1 atom stereocenters. The molecule has 29 heavy (non-hydrogen) atoms. The average molecular weight is 479 g/mol. The second-order valence-electron chi connectivity index (χ2n) is 7.57. The molecule has 3 rings (SSSR count). The van der Waals surface area contributed by atoms with E-state index >= 15 is 0 Å². The third-order valence-electron chi connectivity index (χ3n) is 5.37. The summed E-state index contributed by atoms with van der Waals surface area (Å²) in [7, 11) is -3.48. The highest BCUT2D eigenvalue weighted by atomic mass is 79.9. The number of halogens is 1. The Kier molecular flexibility index (Phi) is 7.49. The largest absolute Gasteiger partial charge is 0.353 e. The molecular formula is C22H27BrN2O3S. The van der Waals surface area contributed by atoms with Crippen molar-refractivity contribution in [1.82, 2.24) is 9.62 Å². The molecule has 1 amide bonds. The van der Waals surface area contributed by atoms with Crippen LogP contribution in [0.3, 0.4) is 0 Å². The van der Waals surface area contributed by atoms with Gasteiger partial charge in [0, 0.05) is 29.5 Å². The van der Waals surface area contributed by atoms with Crippen molar-refractivity contribution >= 4 is 31.9 Å². The first-order chi connectivity index (χ1) is 13.9. The highest BCUT2D eigenvalue weighted by molar-refractivity contribution is 9.10. The predicted molar refractivity (Wildman–Crippen MR) is 118 cm³/mol. The van der Waals surface area contributed by atoms with Crippen molar-refractivity contribution in [2.24, 2.45) is 5.92 Å². The van der Waals surface area contributed by atoms with Gasteiger partial charge in [0.05, 0.1) is 4.90 Å². The Labute approximate surface area is 181 Å². The van der Waals surface area contributed by atoms with E-state index in [2.05, 4.69) is 33.4 Å². The molecule has 1 aliphatic rings. The van der Waals surface area contributed by atoms with Gasteiger partial charge >= 0.3 is 0 Å². The van der Waals surface area contributed by atoms with Crippen molar-refractivity contribution in [1.29, 1.82) is 0 Å². The van der Waals surface area contributed by atoms with Gasteiger partial charge in [0.15, 0.2) is 0 Å². The quantitative estimate of drug-likeness (QED) is 0.653. The lowest BCUT2D eigenvalue weighted by Crippen LogP contribution is -2.44. The number of hydrogen-bond donors (Lipinski definition) is 1. The van der Waals surface area contributed by atoms with Crippen LogP contribution >= 0.6 is 15.9 Å². The summed E-state index contributed by atoms with van der Waals surface area (Å²) in [5, 5.41) is 3.10. The summed E-state index contributed by atoms with van der Waals surface area (Å²) in [5.41, 5.74) is 1.24. The molecule has 5 nitrogen and oxygen atoms in total. The van der Waals surface area contributed by atoms with Gasteiger partial charge in [-0.25, -0.2) is 8.42 Å². The molecule has 0 aromatic heterocycles. The Morgan fingerprint density at radius 2 is 1.72 bits per heavy atom. The fourth-order valence-electron chi connectivity index (χ4n) is 3.57. The number of piperidine rings is 1. The fourth-order valence-corrected chi connectivity index (χ4v) is 5.32. The second kappa shape index (κ2) is 9.87. The van der Waals surface area contributed by atoms with Crippen molar-refractivity contribution in [3.63, 3.8) is 0 Å². The summed E-state index contributed by atoms with van der Waals surface area (Å²) in [6.07, 6.45) is 2.88. The number of rotatable bonds is 7. The highest BCUT2D eigenvalue weighted by Gasteiger charge is 2.32. The maximum Gasteiger partial charge on any atom is 0.243 e. The molecule has 156 valence electrons. The lowest BCUT2D eigenvalue weighted by atomic mass is 9.96. The molecule has 0 spiro atoms. The first-order valence-corrected chi connectivity index (χ1v) is 12.2. The maximum absolute atomic E-state index is 12.7. The second-order valence-corrected chi connectivity index (χ2v) is 10.4. The molecule has 1 heterocycles. The van der Waals surface area contributed by atoms with Gasteiger partial charge in [0.2, 0.25) is 15.9 Å². The van der Waals surface area contributed by atoms with E-state index in [9.17, 15) is 13.2 Å². The Morgan fingerprint density at radius 3 is 2.34 bits per heavy atom. The first kappa shape index (κ1) is 22.0. The van der Waals surface area contributed by atoms with Crippen LogP contribution in [0.25, 0.3) is 0 Å². The van der Waals surface area contributed by atoms with Gasteiger partial charge in [0.1, 0.15) is 0 Å². The van der Waals surface area contributed by atoms with Gasteiger partial charge in [-0.3, -0.25) is 4.79 Å². The van der Waals surface area contributed by atoms with E-state index < -0.39 is 10.0 Å². The number of amides is 1. The standard InChI is InChI=1S/C22H27BrN2O3S/c1-17(7-8-18-9-11-20(23)12-10-18)24-22(26)19-13-15-25(16-14-19)29(27,28)21-5-3-2-4-6-21/h2-6,9-12,17,19H,7-8,13-16H2,1H3,(H,24,26). The zero-order valence-electron chi connectivity index (χ0n) is 16.6. The van der Waals surface area contributed by atoms with E-state index in [1.54, 1.807) is 30.3 Å². The predicted octanol–water partition coefficient (Wildman–Crippen LogP) is 3.99. The number of carbonyl (C=O) groups excluding carboxylic acids is 1. The molecule has 2 aromatic carbocycles. The minimum absolute atomic E-state index is 0.0325. The molecule has 0 radical (unpaired) electrons. The number of sulfonamides is 1. The molecular weight excluding hydrogens is 452 g/mol. The molecule has 1 saturated heterocycles. The molecule has 1 unspecified atom stereocenters. The zero-order chi connectivity index (χ0) is 20.9. The van der Waals surface area contributed by atoms with Crippen LogP contribution in [-0.2, 0) is 21.2 Å². The van der Waals surface area contributed by atoms with E-state index in [1.807, 2.05) is 19.1 Å². The summed E-state index contributed by atoms with van der Waals surface area (Å²) in [6.45, 7) is 2.77. The number of benzene rings is 2. The molecule has 7 heteroatoms. The van der Waals surface area contributed by atoms with Crippen LogP contribution in [0.5, 0.6) is 0 Å². The molecule has 1 aliphatic heterocycles. The fraction of sp³-hybridized carbons (Fsp3) is 0.409. The van der Waals surface area contributed by atoms with Crippen LogP contribution < -0.4 is 5.32 Å². The Hall–Kier alpha value is -1.70. The summed E-state index contributed by atoms with van der Waals surface area (Å²) >= 11 is 3.43. The van der Waals surface area contributed by atoms with Crippen LogP contribution in [0.15, 0.2) is 64.0 Å². The topological polar surface area (TPSA) is 66.5 Å². The summed E-state index contributed by atoms with van der Waals surface area (Å²) in [6, 6.07) is 16.8. The number of carbonyl (C=O) groups is 1. The molecule has 0 saturated carbocycles. The third-order valence-corrected chi connectivity index (χ3v) is 7.82. The van der Waals surface area contributed by atoms with Crippen LogP contribution in [0.4, 0.5) is 0 Å². The van der Waals surface area contributed by atoms with Crippen LogP contribution in [0, 0.1) is 5.92 Å². The number of nitrogens with one attached hydrogen (secondary N) is 1. The Bertz CT molecular complexity index is 909. The maximum atomic E-state index is 12.7. The van der Waals surface area contributed by atoms with Crippen molar-refractivity contribution < 1.29 is 13.2 Å². The average Bonchev–Trinajstić information content (AvgIpc) is 2.74. The van der Waals surface area contributed by atoms with Gasteiger partial charge in [-0.2, -0.15) is 4.31 Å². The van der Waals surface area contributed by atoms with E-state index in [0.29, 0.717) is 30.8 Å². The molecule has 1 fully saturated rings. The smallest absolute Gasteiger partial charge is 0.243 e. The SMILES string of the molecule is CC(CCc1ccc(Br)cc1)NC(=O)C1CCN(S(=O)(=O)c2ccccc2)CC1. The summed E-state index contributed by atoms with van der Waals surface area (Å²) in [5.74, 6) is -0.0996. The minimum atomic E-state index is -3.48. The molecule has 0 bridgehead atoms. The van der Waals surface area contributed by atoms with Crippen molar-refractivity contribution in [2.45, 2.75) is 43.5 Å². The zero-order valence-corrected chi connectivity index (χ0v) is 19.0. The number of hydrogen-bond acceptors (Lipinski definition) is 3. The monoisotopic (exact) mass is 478 g/mol. The lowest BCUT2D eigenvalue weighted by Gasteiger charge is -2.31. The van der Waals surface area contributed by atoms with Crippen molar-refractivity contribution in [2.75, 3.05) is 13.1 Å². The molecule has 0 aliphatic carbocycles. The third kappa shape index (κ3) is 5.90. The van der Waals surface area contributed by atoms with Gasteiger partial charge in [-0.05, 0) is 62.4 Å². The van der Waals surface area contributed by atoms with Gasteiger partial charge in [0.25, 0.3) is 0 Å². The molecule has 1 N–H and O–H groups in total. The summed E-state index contributed by atoms with van der Waals surface area (Å²) < 4.78 is 28.0. The highest BCUT2D eigenvalue weighted by Crippen LogP contribution is 2.24. The lowest BCUT2D eigenvalue weighted by molar-refractivity contribution is -0.126. The van der Waals surface area contributed by atoms with E-state index in [1.165, 1.54) is 9.87 Å². The van der Waals surface area contributed by atoms with Crippen LogP contribution in [0.2, 0.25) is 0 Å². The minimum Gasteiger partial charge on any atom is -0.353 e. The van der Waals surface area contributed by atoms with Gasteiger partial charge in [-0.1, -0.05) is 46.3 Å². The van der Waals surface area contributed by atoms with E-state index in [4.69, 9.17) is 0 Å². The number of nitrogens with zero attached hydrogens (tertiary/aromatic N) is 1. The van der Waals surface area contributed by atoms with E-state index in [0.717, 1.165) is 17.3 Å². The van der Waals surface area contributed by atoms with Gasteiger partial charge in [-0.15, -0.1) is 0 Å². The van der Waals surface area contributed by atoms with Crippen molar-refractivity contribution in [3.05, 3.63) is 64.6 Å². The van der Waals surface area contributed by atoms with Gasteiger partial charge < -0.3 is 5.32 Å². The van der Waals surface area contributed by atoms with E-state index in [-0.39, 0.29) is 17.9 Å².